The summed E-state index contributed by atoms with van der Waals surface area (Å²) in [5.74, 6) is 0.450. The third-order valence-corrected chi connectivity index (χ3v) is 3.55. The number of aromatic nitrogens is 3. The Morgan fingerprint density at radius 1 is 1.13 bits per heavy atom. The summed E-state index contributed by atoms with van der Waals surface area (Å²) >= 11 is 5.96. The zero-order chi connectivity index (χ0) is 16.1. The second kappa shape index (κ2) is 7.07. The zero-order valence-electron chi connectivity index (χ0n) is 12.3. The van der Waals surface area contributed by atoms with Crippen LogP contribution in [-0.2, 0) is 6.42 Å². The van der Waals surface area contributed by atoms with Crippen molar-refractivity contribution in [3.05, 3.63) is 75.8 Å². The highest BCUT2D eigenvalue weighted by Crippen LogP contribution is 2.15. The maximum Gasteiger partial charge on any atom is 0.252 e. The number of nitrogens with one attached hydrogen (secondary N) is 2. The number of hydrogen-bond donors (Lipinski definition) is 2. The van der Waals surface area contributed by atoms with Gasteiger partial charge in [-0.3, -0.25) is 14.8 Å². The van der Waals surface area contributed by atoms with E-state index < -0.39 is 0 Å². The number of H-pyrrole nitrogens is 1. The average Bonchev–Trinajstić information content (AvgIpc) is 2.55. The summed E-state index contributed by atoms with van der Waals surface area (Å²) in [7, 11) is 0. The number of anilines is 1. The van der Waals surface area contributed by atoms with Gasteiger partial charge in [-0.2, -0.15) is 0 Å². The SMILES string of the molecule is O=c1cc(-c2ccncc2)nc(NCCc2cccc(Cl)c2)[nH]1. The number of pyridine rings is 1. The molecule has 0 saturated carbocycles. The van der Waals surface area contributed by atoms with Gasteiger partial charge in [0.15, 0.2) is 0 Å². The van der Waals surface area contributed by atoms with Crippen molar-refractivity contribution in [2.75, 3.05) is 11.9 Å². The molecule has 23 heavy (non-hydrogen) atoms. The highest BCUT2D eigenvalue weighted by atomic mass is 35.5. The minimum Gasteiger partial charge on any atom is -0.355 e. The van der Waals surface area contributed by atoms with Gasteiger partial charge < -0.3 is 5.32 Å². The first-order valence-corrected chi connectivity index (χ1v) is 7.58. The highest BCUT2D eigenvalue weighted by molar-refractivity contribution is 6.30. The van der Waals surface area contributed by atoms with Gasteiger partial charge in [-0.05, 0) is 36.2 Å². The molecule has 0 atom stereocenters. The number of nitrogens with zero attached hydrogens (tertiary/aromatic N) is 2. The molecule has 116 valence electrons. The summed E-state index contributed by atoms with van der Waals surface area (Å²) in [6.07, 6.45) is 4.12. The second-order valence-corrected chi connectivity index (χ2v) is 5.46. The van der Waals surface area contributed by atoms with Crippen LogP contribution in [0.25, 0.3) is 11.3 Å². The third-order valence-electron chi connectivity index (χ3n) is 3.31. The molecule has 6 heteroatoms. The molecule has 0 saturated heterocycles. The van der Waals surface area contributed by atoms with Crippen molar-refractivity contribution in [1.82, 2.24) is 15.0 Å². The lowest BCUT2D eigenvalue weighted by Gasteiger charge is -2.07. The van der Waals surface area contributed by atoms with E-state index in [4.69, 9.17) is 11.6 Å². The molecule has 0 aliphatic heterocycles. The Hall–Kier alpha value is -2.66. The average molecular weight is 327 g/mol. The first-order chi connectivity index (χ1) is 11.2. The Balaban J connectivity index is 1.71. The van der Waals surface area contributed by atoms with Crippen molar-refractivity contribution in [1.29, 1.82) is 0 Å². The van der Waals surface area contributed by atoms with Crippen LogP contribution >= 0.6 is 11.6 Å². The van der Waals surface area contributed by atoms with Gasteiger partial charge in [-0.15, -0.1) is 0 Å². The molecule has 2 aromatic heterocycles. The zero-order valence-corrected chi connectivity index (χ0v) is 13.0. The highest BCUT2D eigenvalue weighted by Gasteiger charge is 2.04. The summed E-state index contributed by atoms with van der Waals surface area (Å²) in [5.41, 5.74) is 2.39. The van der Waals surface area contributed by atoms with E-state index >= 15 is 0 Å². The van der Waals surface area contributed by atoms with Crippen LogP contribution in [-0.4, -0.2) is 21.5 Å². The summed E-state index contributed by atoms with van der Waals surface area (Å²) in [6.45, 7) is 0.642. The van der Waals surface area contributed by atoms with E-state index in [-0.39, 0.29) is 5.56 Å². The van der Waals surface area contributed by atoms with Crippen molar-refractivity contribution in [2.24, 2.45) is 0 Å². The van der Waals surface area contributed by atoms with Crippen molar-refractivity contribution >= 4 is 17.5 Å². The minimum absolute atomic E-state index is 0.197. The molecular formula is C17H15ClN4O. The number of benzene rings is 1. The van der Waals surface area contributed by atoms with Gasteiger partial charge >= 0.3 is 0 Å². The predicted molar refractivity (Wildman–Crippen MR) is 91.7 cm³/mol. The molecule has 0 spiro atoms. The normalized spacial score (nSPS) is 10.5. The summed E-state index contributed by atoms with van der Waals surface area (Å²) in [5, 5.41) is 3.85. The van der Waals surface area contributed by atoms with E-state index in [0.29, 0.717) is 23.2 Å². The Bertz CT molecular complexity index is 848. The molecule has 0 bridgehead atoms. The van der Waals surface area contributed by atoms with E-state index in [1.54, 1.807) is 12.4 Å². The molecule has 0 aliphatic rings. The first kappa shape index (κ1) is 15.2. The van der Waals surface area contributed by atoms with E-state index in [2.05, 4.69) is 20.3 Å². The van der Waals surface area contributed by atoms with E-state index in [1.165, 1.54) is 6.07 Å². The third kappa shape index (κ3) is 4.17. The smallest absolute Gasteiger partial charge is 0.252 e. The first-order valence-electron chi connectivity index (χ1n) is 7.21. The Kier molecular flexibility index (Phi) is 4.68. The molecule has 0 amide bonds. The van der Waals surface area contributed by atoms with Crippen LogP contribution in [0.15, 0.2) is 59.7 Å². The second-order valence-electron chi connectivity index (χ2n) is 5.02. The van der Waals surface area contributed by atoms with E-state index in [0.717, 1.165) is 17.5 Å². The van der Waals surface area contributed by atoms with Crippen molar-refractivity contribution in [2.45, 2.75) is 6.42 Å². The fraction of sp³-hybridized carbons (Fsp3) is 0.118. The van der Waals surface area contributed by atoms with Crippen LogP contribution in [0, 0.1) is 0 Å². The molecule has 5 nitrogen and oxygen atoms in total. The van der Waals surface area contributed by atoms with Crippen molar-refractivity contribution in [3.63, 3.8) is 0 Å². The van der Waals surface area contributed by atoms with Crippen LogP contribution in [0.2, 0.25) is 5.02 Å². The van der Waals surface area contributed by atoms with Crippen LogP contribution in [0.5, 0.6) is 0 Å². The largest absolute Gasteiger partial charge is 0.355 e. The molecular weight excluding hydrogens is 312 g/mol. The number of rotatable bonds is 5. The monoisotopic (exact) mass is 326 g/mol. The van der Waals surface area contributed by atoms with Crippen LogP contribution in [0.4, 0.5) is 5.95 Å². The standard InChI is InChI=1S/C17H15ClN4O/c18-14-3-1-2-12(10-14)4-9-20-17-21-15(11-16(23)22-17)13-5-7-19-8-6-13/h1-3,5-8,10-11H,4,9H2,(H2,20,21,22,23). The Labute approximate surface area is 138 Å². The fourth-order valence-corrected chi connectivity index (χ4v) is 2.44. The molecule has 2 N–H and O–H groups in total. The van der Waals surface area contributed by atoms with Crippen molar-refractivity contribution < 1.29 is 0 Å². The topological polar surface area (TPSA) is 70.7 Å². The summed E-state index contributed by atoms with van der Waals surface area (Å²) in [6, 6.07) is 12.8. The van der Waals surface area contributed by atoms with Gasteiger partial charge in [0.05, 0.1) is 5.69 Å². The van der Waals surface area contributed by atoms with Crippen molar-refractivity contribution in [3.8, 4) is 11.3 Å². The Morgan fingerprint density at radius 2 is 1.96 bits per heavy atom. The van der Waals surface area contributed by atoms with Crippen LogP contribution in [0.3, 0.4) is 0 Å². The lowest BCUT2D eigenvalue weighted by Crippen LogP contribution is -2.14. The van der Waals surface area contributed by atoms with Gasteiger partial charge in [0, 0.05) is 35.6 Å². The molecule has 0 aliphatic carbocycles. The van der Waals surface area contributed by atoms with Gasteiger partial charge in [0.2, 0.25) is 5.95 Å². The van der Waals surface area contributed by atoms with Crippen LogP contribution < -0.4 is 10.9 Å². The quantitative estimate of drug-likeness (QED) is 0.755. The van der Waals surface area contributed by atoms with Gasteiger partial charge in [-0.25, -0.2) is 4.98 Å². The van der Waals surface area contributed by atoms with E-state index in [1.807, 2.05) is 36.4 Å². The number of aromatic amines is 1. The van der Waals surface area contributed by atoms with Crippen LogP contribution in [0.1, 0.15) is 5.56 Å². The molecule has 3 rings (SSSR count). The van der Waals surface area contributed by atoms with Gasteiger partial charge in [-0.1, -0.05) is 23.7 Å². The maximum absolute atomic E-state index is 11.8. The molecule has 0 unspecified atom stereocenters. The molecule has 2 heterocycles. The summed E-state index contributed by atoms with van der Waals surface area (Å²) in [4.78, 5) is 22.9. The summed E-state index contributed by atoms with van der Waals surface area (Å²) < 4.78 is 0. The molecule has 3 aromatic rings. The molecule has 0 fully saturated rings. The number of halogens is 1. The fourth-order valence-electron chi connectivity index (χ4n) is 2.23. The Morgan fingerprint density at radius 3 is 2.74 bits per heavy atom. The predicted octanol–water partition coefficient (Wildman–Crippen LogP) is 3.14. The maximum atomic E-state index is 11.8. The number of hydrogen-bond acceptors (Lipinski definition) is 4. The lowest BCUT2D eigenvalue weighted by molar-refractivity contribution is 0.977. The minimum atomic E-state index is -0.197. The molecule has 0 radical (unpaired) electrons. The van der Waals surface area contributed by atoms with Gasteiger partial charge in [0.25, 0.3) is 5.56 Å². The lowest BCUT2D eigenvalue weighted by atomic mass is 10.1. The van der Waals surface area contributed by atoms with Gasteiger partial charge in [0.1, 0.15) is 0 Å². The molecule has 1 aromatic carbocycles. The van der Waals surface area contributed by atoms with E-state index in [9.17, 15) is 4.79 Å².